The van der Waals surface area contributed by atoms with Crippen LogP contribution >= 0.6 is 11.8 Å². The average Bonchev–Trinajstić information content (AvgIpc) is 2.59. The lowest BCUT2D eigenvalue weighted by Crippen LogP contribution is -2.48. The molecule has 2 rings (SSSR count). The third-order valence-electron chi connectivity index (χ3n) is 3.40. The summed E-state index contributed by atoms with van der Waals surface area (Å²) in [6.45, 7) is 0.490. The fourth-order valence-corrected chi connectivity index (χ4v) is 3.29. The molecule has 1 aliphatic rings. The number of esters is 1. The summed E-state index contributed by atoms with van der Waals surface area (Å²) in [5.41, 5.74) is -0.109. The van der Waals surface area contributed by atoms with Crippen molar-refractivity contribution in [2.24, 2.45) is 0 Å². The molecule has 0 saturated carbocycles. The topological polar surface area (TPSA) is 75.7 Å². The largest absolute Gasteiger partial charge is 0.468 e. The van der Waals surface area contributed by atoms with Crippen molar-refractivity contribution in [3.8, 4) is 0 Å². The predicted octanol–water partition coefficient (Wildman–Crippen LogP) is 0.672. The molecule has 124 valence electrons. The Kier molecular flexibility index (Phi) is 5.97. The molecule has 1 aromatic carbocycles. The van der Waals surface area contributed by atoms with E-state index in [4.69, 9.17) is 0 Å². The van der Waals surface area contributed by atoms with Crippen LogP contribution in [0, 0.1) is 5.82 Å². The molecule has 1 N–H and O–H groups in total. The zero-order valence-corrected chi connectivity index (χ0v) is 13.4. The Bertz CT molecular complexity index is 611. The monoisotopic (exact) mass is 340 g/mol. The normalized spacial score (nSPS) is 17.5. The van der Waals surface area contributed by atoms with Crippen LogP contribution in [-0.2, 0) is 14.3 Å². The first-order valence-corrected chi connectivity index (χ1v) is 8.07. The van der Waals surface area contributed by atoms with Gasteiger partial charge in [0.1, 0.15) is 11.1 Å². The summed E-state index contributed by atoms with van der Waals surface area (Å²) in [4.78, 5) is 37.0. The Labute approximate surface area is 137 Å². The van der Waals surface area contributed by atoms with E-state index in [9.17, 15) is 18.8 Å². The van der Waals surface area contributed by atoms with Crippen LogP contribution in [0.5, 0.6) is 0 Å². The van der Waals surface area contributed by atoms with Gasteiger partial charge in [-0.25, -0.2) is 4.39 Å². The van der Waals surface area contributed by atoms with Gasteiger partial charge in [0.05, 0.1) is 19.2 Å². The van der Waals surface area contributed by atoms with Crippen LogP contribution in [0.4, 0.5) is 4.39 Å². The summed E-state index contributed by atoms with van der Waals surface area (Å²) in [7, 11) is 1.30. The van der Waals surface area contributed by atoms with Crippen LogP contribution in [0.15, 0.2) is 24.3 Å². The van der Waals surface area contributed by atoms with Crippen molar-refractivity contribution in [1.82, 2.24) is 10.2 Å². The zero-order valence-electron chi connectivity index (χ0n) is 12.6. The van der Waals surface area contributed by atoms with Crippen LogP contribution in [0.25, 0.3) is 0 Å². The Morgan fingerprint density at radius 1 is 1.39 bits per heavy atom. The minimum Gasteiger partial charge on any atom is -0.468 e. The second-order valence-electron chi connectivity index (χ2n) is 4.88. The number of halogens is 1. The van der Waals surface area contributed by atoms with Gasteiger partial charge in [-0.2, -0.15) is 0 Å². The highest BCUT2D eigenvalue weighted by molar-refractivity contribution is 8.00. The van der Waals surface area contributed by atoms with E-state index in [-0.39, 0.29) is 30.5 Å². The molecule has 1 atom stereocenters. The fraction of sp³-hybridized carbons (Fsp3) is 0.400. The number of rotatable bonds is 4. The number of benzene rings is 1. The van der Waals surface area contributed by atoms with Crippen LogP contribution < -0.4 is 5.32 Å². The van der Waals surface area contributed by atoms with E-state index in [1.807, 2.05) is 0 Å². The molecule has 1 aliphatic heterocycles. The van der Waals surface area contributed by atoms with E-state index in [0.29, 0.717) is 12.3 Å². The Balaban J connectivity index is 1.88. The number of nitrogens with one attached hydrogen (secondary N) is 1. The molecule has 0 radical (unpaired) electrons. The third-order valence-corrected chi connectivity index (χ3v) is 4.56. The summed E-state index contributed by atoms with van der Waals surface area (Å²) in [6.07, 6.45) is 0. The van der Waals surface area contributed by atoms with Crippen molar-refractivity contribution in [2.45, 2.75) is 5.25 Å². The maximum absolute atomic E-state index is 13.5. The maximum atomic E-state index is 13.5. The Hall–Kier alpha value is -2.09. The quantitative estimate of drug-likeness (QED) is 0.816. The second-order valence-corrected chi connectivity index (χ2v) is 6.20. The lowest BCUT2D eigenvalue weighted by atomic mass is 10.2. The smallest absolute Gasteiger partial charge is 0.320 e. The van der Waals surface area contributed by atoms with Crippen LogP contribution in [0.2, 0.25) is 0 Å². The molecular formula is C15H17FN2O4S. The molecule has 0 bridgehead atoms. The summed E-state index contributed by atoms with van der Waals surface area (Å²) < 4.78 is 18.2. The van der Waals surface area contributed by atoms with Gasteiger partial charge in [-0.05, 0) is 12.1 Å². The first-order valence-electron chi connectivity index (χ1n) is 7.03. The van der Waals surface area contributed by atoms with E-state index in [1.165, 1.54) is 42.0 Å². The van der Waals surface area contributed by atoms with Gasteiger partial charge >= 0.3 is 5.97 Å². The fourth-order valence-electron chi connectivity index (χ4n) is 2.16. The molecule has 1 aromatic rings. The molecule has 0 aliphatic carbocycles. The molecule has 8 heteroatoms. The number of thioether (sulfide) groups is 1. The minimum atomic E-state index is -0.646. The van der Waals surface area contributed by atoms with Crippen molar-refractivity contribution in [3.63, 3.8) is 0 Å². The van der Waals surface area contributed by atoms with Gasteiger partial charge in [0.2, 0.25) is 5.91 Å². The molecule has 6 nitrogen and oxygen atoms in total. The third kappa shape index (κ3) is 4.44. The lowest BCUT2D eigenvalue weighted by Gasteiger charge is -2.31. The molecule has 0 aromatic heterocycles. The van der Waals surface area contributed by atoms with Crippen LogP contribution in [-0.4, -0.2) is 60.4 Å². The molecule has 0 spiro atoms. The molecule has 2 amide bonds. The molecule has 1 saturated heterocycles. The predicted molar refractivity (Wildman–Crippen MR) is 83.6 cm³/mol. The number of carbonyl (C=O) groups excluding carboxylic acids is 3. The number of methoxy groups -OCH3 is 1. The highest BCUT2D eigenvalue weighted by Crippen LogP contribution is 2.19. The lowest BCUT2D eigenvalue weighted by molar-refractivity contribution is -0.141. The summed E-state index contributed by atoms with van der Waals surface area (Å²) >= 11 is 1.43. The Morgan fingerprint density at radius 3 is 2.83 bits per heavy atom. The van der Waals surface area contributed by atoms with E-state index in [1.54, 1.807) is 6.07 Å². The Morgan fingerprint density at radius 2 is 2.13 bits per heavy atom. The van der Waals surface area contributed by atoms with Gasteiger partial charge in [-0.1, -0.05) is 12.1 Å². The van der Waals surface area contributed by atoms with E-state index >= 15 is 0 Å². The van der Waals surface area contributed by atoms with Gasteiger partial charge in [-0.3, -0.25) is 14.4 Å². The zero-order chi connectivity index (χ0) is 16.8. The van der Waals surface area contributed by atoms with E-state index in [2.05, 4.69) is 10.1 Å². The molecular weight excluding hydrogens is 323 g/mol. The first kappa shape index (κ1) is 17.3. The minimum absolute atomic E-state index is 0.109. The van der Waals surface area contributed by atoms with Crippen LogP contribution in [0.1, 0.15) is 10.4 Å². The molecule has 0 unspecified atom stereocenters. The second kappa shape index (κ2) is 7.96. The number of carbonyl (C=O) groups is 3. The van der Waals surface area contributed by atoms with Crippen LogP contribution in [0.3, 0.4) is 0 Å². The first-order chi connectivity index (χ1) is 11.0. The summed E-state index contributed by atoms with van der Waals surface area (Å²) in [5, 5.41) is 1.99. The van der Waals surface area contributed by atoms with Gasteiger partial charge in [0.25, 0.3) is 5.91 Å². The maximum Gasteiger partial charge on any atom is 0.320 e. The number of amides is 2. The molecule has 23 heavy (non-hydrogen) atoms. The van der Waals surface area contributed by atoms with E-state index in [0.717, 1.165) is 0 Å². The molecule has 1 fully saturated rings. The molecule has 1 heterocycles. The van der Waals surface area contributed by atoms with Gasteiger partial charge in [0, 0.05) is 18.8 Å². The van der Waals surface area contributed by atoms with Crippen molar-refractivity contribution >= 4 is 29.5 Å². The summed E-state index contributed by atoms with van der Waals surface area (Å²) in [6, 6.07) is 5.55. The summed E-state index contributed by atoms with van der Waals surface area (Å²) in [5.74, 6) is -1.36. The van der Waals surface area contributed by atoms with Crippen molar-refractivity contribution in [3.05, 3.63) is 35.6 Å². The van der Waals surface area contributed by atoms with Gasteiger partial charge in [0.15, 0.2) is 0 Å². The highest BCUT2D eigenvalue weighted by atomic mass is 32.2. The van der Waals surface area contributed by atoms with Crippen molar-refractivity contribution < 1.29 is 23.5 Å². The van der Waals surface area contributed by atoms with E-state index < -0.39 is 17.0 Å². The van der Waals surface area contributed by atoms with Gasteiger partial charge in [-0.15, -0.1) is 11.8 Å². The standard InChI is InChI=1S/C15H17FN2O4S/c1-22-15(21)12-9-18(6-7-23-12)13(19)8-17-14(20)10-4-2-3-5-11(10)16/h2-5,12H,6-9H2,1H3,(H,17,20)/t12-/m0/s1. The van der Waals surface area contributed by atoms with Crippen molar-refractivity contribution in [1.29, 1.82) is 0 Å². The highest BCUT2D eigenvalue weighted by Gasteiger charge is 2.29. The number of ether oxygens (including phenoxy) is 1. The number of hydrogen-bond acceptors (Lipinski definition) is 5. The average molecular weight is 340 g/mol. The van der Waals surface area contributed by atoms with Gasteiger partial charge < -0.3 is 15.0 Å². The van der Waals surface area contributed by atoms with Crippen molar-refractivity contribution in [2.75, 3.05) is 32.5 Å². The number of hydrogen-bond donors (Lipinski definition) is 1. The SMILES string of the molecule is COC(=O)[C@@H]1CN(C(=O)CNC(=O)c2ccccc2F)CCS1. The number of nitrogens with zero attached hydrogens (tertiary/aromatic N) is 1.